The molecule has 2 heterocycles. The van der Waals surface area contributed by atoms with Crippen molar-refractivity contribution in [3.05, 3.63) is 48.4 Å². The Bertz CT molecular complexity index is 1060. The maximum absolute atomic E-state index is 3.99. The molecule has 12 unspecified atom stereocenters. The van der Waals surface area contributed by atoms with E-state index in [2.05, 4.69) is 65.5 Å². The Morgan fingerprint density at radius 2 is 1.60 bits per heavy atom. The van der Waals surface area contributed by atoms with Gasteiger partial charge in [-0.25, -0.2) is 0 Å². The van der Waals surface area contributed by atoms with E-state index in [0.29, 0.717) is 12.0 Å². The molecule has 3 heteroatoms. The van der Waals surface area contributed by atoms with Crippen molar-refractivity contribution in [3.63, 3.8) is 0 Å². The van der Waals surface area contributed by atoms with Crippen molar-refractivity contribution in [2.24, 2.45) is 65.1 Å². The van der Waals surface area contributed by atoms with Crippen LogP contribution in [0.4, 0.5) is 0 Å². The molecule has 3 N–H and O–H groups in total. The summed E-state index contributed by atoms with van der Waals surface area (Å²) >= 11 is 0. The fourth-order valence-corrected chi connectivity index (χ4v) is 12.2. The Labute approximate surface area is 277 Å². The minimum atomic E-state index is 0.707. The van der Waals surface area contributed by atoms with Crippen LogP contribution in [0.15, 0.2) is 48.4 Å². The molecule has 3 nitrogen and oxygen atoms in total. The molecule has 0 aromatic rings. The third-order valence-electron chi connectivity index (χ3n) is 14.6. The molecule has 0 aromatic heterocycles. The van der Waals surface area contributed by atoms with Gasteiger partial charge < -0.3 is 16.0 Å². The van der Waals surface area contributed by atoms with Crippen molar-refractivity contribution in [1.82, 2.24) is 16.0 Å². The summed E-state index contributed by atoms with van der Waals surface area (Å²) in [7, 11) is 0. The normalized spacial score (nSPS) is 41.2. The highest BCUT2D eigenvalue weighted by Gasteiger charge is 2.47. The van der Waals surface area contributed by atoms with Gasteiger partial charge >= 0.3 is 0 Å². The third kappa shape index (κ3) is 7.65. The summed E-state index contributed by atoms with van der Waals surface area (Å²) in [4.78, 5) is 0. The van der Waals surface area contributed by atoms with Gasteiger partial charge in [0.15, 0.2) is 0 Å². The first-order valence-corrected chi connectivity index (χ1v) is 20.1. The smallest absolute Gasteiger partial charge is 0.0296 e. The lowest BCUT2D eigenvalue weighted by Crippen LogP contribution is -2.42. The molecule has 0 amide bonds. The van der Waals surface area contributed by atoms with E-state index in [-0.39, 0.29) is 0 Å². The van der Waals surface area contributed by atoms with Crippen LogP contribution in [0, 0.1) is 65.1 Å². The monoisotopic (exact) mass is 614 g/mol. The summed E-state index contributed by atoms with van der Waals surface area (Å²) in [5.74, 6) is 9.97. The summed E-state index contributed by atoms with van der Waals surface area (Å²) in [6.07, 6.45) is 42.8. The van der Waals surface area contributed by atoms with Gasteiger partial charge in [0.1, 0.15) is 0 Å². The highest BCUT2D eigenvalue weighted by atomic mass is 15.0. The lowest BCUT2D eigenvalue weighted by Gasteiger charge is -2.50. The summed E-state index contributed by atoms with van der Waals surface area (Å²) in [5, 5.41) is 11.4. The summed E-state index contributed by atoms with van der Waals surface area (Å²) in [6.45, 7) is 6.32. The Hall–Kier alpha value is -1.48. The molecule has 12 atom stereocenters. The van der Waals surface area contributed by atoms with Crippen LogP contribution in [-0.2, 0) is 0 Å². The second-order valence-electron chi connectivity index (χ2n) is 16.9. The third-order valence-corrected chi connectivity index (χ3v) is 14.6. The molecule has 7 rings (SSSR count). The van der Waals surface area contributed by atoms with Gasteiger partial charge in [-0.1, -0.05) is 69.4 Å². The number of nitrogens with one attached hydrogen (secondary N) is 3. The van der Waals surface area contributed by atoms with Gasteiger partial charge in [-0.05, 0) is 161 Å². The zero-order chi connectivity index (χ0) is 30.4. The van der Waals surface area contributed by atoms with E-state index in [9.17, 15) is 0 Å². The Balaban J connectivity index is 1.00. The first-order chi connectivity index (χ1) is 22.2. The predicted octanol–water partition coefficient (Wildman–Crippen LogP) is 9.55. The molecule has 5 aliphatic carbocycles. The number of hydrogen-bond acceptors (Lipinski definition) is 3. The minimum absolute atomic E-state index is 0.707. The van der Waals surface area contributed by atoms with Crippen molar-refractivity contribution in [2.45, 2.75) is 129 Å². The SMILES string of the molecule is CC(CCC(CNC1=CCCC=C1)C1CCCCC1C1C=CCCC1)C1CCC(C2CNC(C3C=CNC3)C2)C2CCCCC12. The maximum Gasteiger partial charge on any atom is 0.0296 e. The molecular weight excluding hydrogens is 546 g/mol. The molecule has 2 aliphatic heterocycles. The van der Waals surface area contributed by atoms with Crippen LogP contribution in [0.3, 0.4) is 0 Å². The molecule has 0 radical (unpaired) electrons. The summed E-state index contributed by atoms with van der Waals surface area (Å²) in [5.41, 5.74) is 1.40. The highest BCUT2D eigenvalue weighted by molar-refractivity contribution is 5.20. The second kappa shape index (κ2) is 15.6. The molecule has 1 saturated heterocycles. The molecule has 7 aliphatic rings. The zero-order valence-electron chi connectivity index (χ0n) is 28.8. The van der Waals surface area contributed by atoms with Crippen LogP contribution < -0.4 is 16.0 Å². The van der Waals surface area contributed by atoms with Crippen LogP contribution >= 0.6 is 0 Å². The maximum atomic E-state index is 3.99. The topological polar surface area (TPSA) is 36.1 Å². The minimum Gasteiger partial charge on any atom is -0.390 e. The fourth-order valence-electron chi connectivity index (χ4n) is 12.2. The number of fused-ring (bicyclic) bond motifs is 1. The van der Waals surface area contributed by atoms with E-state index in [1.54, 1.807) is 0 Å². The largest absolute Gasteiger partial charge is 0.390 e. The number of allylic oxidation sites excluding steroid dienone is 5. The molecule has 0 bridgehead atoms. The molecule has 45 heavy (non-hydrogen) atoms. The van der Waals surface area contributed by atoms with E-state index < -0.39 is 0 Å². The molecule has 4 fully saturated rings. The van der Waals surface area contributed by atoms with Crippen molar-refractivity contribution in [1.29, 1.82) is 0 Å². The van der Waals surface area contributed by atoms with Gasteiger partial charge in [0.05, 0.1) is 0 Å². The highest BCUT2D eigenvalue weighted by Crippen LogP contribution is 2.53. The number of rotatable bonds is 11. The molecule has 3 saturated carbocycles. The van der Waals surface area contributed by atoms with Gasteiger partial charge in [-0.2, -0.15) is 0 Å². The van der Waals surface area contributed by atoms with Crippen LogP contribution in [-0.4, -0.2) is 25.7 Å². The van der Waals surface area contributed by atoms with Gasteiger partial charge in [0, 0.05) is 30.7 Å². The Kier molecular flexibility index (Phi) is 11.1. The van der Waals surface area contributed by atoms with Crippen LogP contribution in [0.2, 0.25) is 0 Å². The van der Waals surface area contributed by atoms with Gasteiger partial charge in [0.25, 0.3) is 0 Å². The quantitative estimate of drug-likeness (QED) is 0.203. The predicted molar refractivity (Wildman–Crippen MR) is 190 cm³/mol. The average molecular weight is 614 g/mol. The van der Waals surface area contributed by atoms with E-state index in [1.165, 1.54) is 134 Å². The Morgan fingerprint density at radius 1 is 0.733 bits per heavy atom. The van der Waals surface area contributed by atoms with Gasteiger partial charge in [-0.15, -0.1) is 0 Å². The van der Waals surface area contributed by atoms with E-state index in [1.807, 2.05) is 0 Å². The fraction of sp³-hybridized carbons (Fsp3) is 0.810. The summed E-state index contributed by atoms with van der Waals surface area (Å²) in [6, 6.07) is 0.707. The first-order valence-electron chi connectivity index (χ1n) is 20.1. The Morgan fingerprint density at radius 3 is 2.40 bits per heavy atom. The van der Waals surface area contributed by atoms with E-state index in [0.717, 1.165) is 65.7 Å². The van der Waals surface area contributed by atoms with E-state index >= 15 is 0 Å². The zero-order valence-corrected chi connectivity index (χ0v) is 28.8. The van der Waals surface area contributed by atoms with E-state index in [4.69, 9.17) is 0 Å². The molecule has 0 spiro atoms. The molecule has 250 valence electrons. The van der Waals surface area contributed by atoms with Crippen molar-refractivity contribution < 1.29 is 0 Å². The van der Waals surface area contributed by atoms with Gasteiger partial charge in [0.2, 0.25) is 0 Å². The van der Waals surface area contributed by atoms with Crippen molar-refractivity contribution >= 4 is 0 Å². The van der Waals surface area contributed by atoms with Crippen LogP contribution in [0.1, 0.15) is 122 Å². The number of hydrogen-bond donors (Lipinski definition) is 3. The van der Waals surface area contributed by atoms with Crippen LogP contribution in [0.5, 0.6) is 0 Å². The van der Waals surface area contributed by atoms with Crippen molar-refractivity contribution in [2.75, 3.05) is 19.6 Å². The first kappa shape index (κ1) is 32.1. The molecule has 0 aromatic carbocycles. The lowest BCUT2D eigenvalue weighted by molar-refractivity contribution is -0.00132. The standard InChI is InChI=1S/C42H67N3/c1-30(36-22-23-39(41-19-11-10-18-40(36)41)34-26-42(45-29-34)33-24-25-43-27-33)20-21-32(28-44-35-14-6-3-7-15-35)38-17-9-8-16-37(38)31-12-4-2-5-13-31/h4,6,12,14-15,24-25,30-34,36-45H,2-3,5,7-11,13,16-23,26-29H2,1H3. The van der Waals surface area contributed by atoms with Gasteiger partial charge in [-0.3, -0.25) is 0 Å². The average Bonchev–Trinajstić information content (AvgIpc) is 3.82. The summed E-state index contributed by atoms with van der Waals surface area (Å²) < 4.78 is 0. The second-order valence-corrected chi connectivity index (χ2v) is 16.9. The van der Waals surface area contributed by atoms with Crippen LogP contribution in [0.25, 0.3) is 0 Å². The van der Waals surface area contributed by atoms with Crippen molar-refractivity contribution in [3.8, 4) is 0 Å². The lowest BCUT2D eigenvalue weighted by atomic mass is 9.55. The molecular formula is C42H67N3.